The van der Waals surface area contributed by atoms with Crippen molar-refractivity contribution in [3.05, 3.63) is 0 Å². The third-order valence-electron chi connectivity index (χ3n) is 1.23. The van der Waals surface area contributed by atoms with Crippen molar-refractivity contribution in [2.24, 2.45) is 0 Å². The van der Waals surface area contributed by atoms with Crippen LogP contribution in [0.5, 0.6) is 0 Å². The molecule has 0 unspecified atom stereocenters. The van der Waals surface area contributed by atoms with Crippen LogP contribution in [0, 0.1) is 0 Å². The SMILES string of the molecule is F[B-](F)(F)COCCCCCCl.[K+]. The summed E-state index contributed by atoms with van der Waals surface area (Å²) in [6, 6.07) is 0. The van der Waals surface area contributed by atoms with Crippen LogP contribution in [0.1, 0.15) is 19.3 Å². The Hall–Kier alpha value is 1.74. The Morgan fingerprint density at radius 3 is 2.15 bits per heavy atom. The van der Waals surface area contributed by atoms with Crippen molar-refractivity contribution >= 4 is 18.6 Å². The van der Waals surface area contributed by atoms with Gasteiger partial charge in [0.15, 0.2) is 0 Å². The predicted molar refractivity (Wildman–Crippen MR) is 44.5 cm³/mol. The van der Waals surface area contributed by atoms with E-state index >= 15 is 0 Å². The number of rotatable bonds is 7. The Balaban J connectivity index is 0. The average molecular weight is 243 g/mol. The summed E-state index contributed by atoms with van der Waals surface area (Å²) >= 11 is 5.37. The topological polar surface area (TPSA) is 9.23 Å². The van der Waals surface area contributed by atoms with Crippen LogP contribution in [0.4, 0.5) is 12.9 Å². The molecule has 0 aliphatic heterocycles. The summed E-state index contributed by atoms with van der Waals surface area (Å²) in [5, 5.41) is 0. The molecule has 0 N–H and O–H groups in total. The van der Waals surface area contributed by atoms with Crippen LogP contribution in [-0.4, -0.2) is 26.0 Å². The molecule has 0 aromatic heterocycles. The standard InChI is InChI=1S/C6H12BClF3O.K/c8-4-2-1-3-5-12-6-7(9,10)11;/h1-6H2;/q-1;+1. The van der Waals surface area contributed by atoms with Crippen LogP contribution in [0.2, 0.25) is 0 Å². The van der Waals surface area contributed by atoms with E-state index in [4.69, 9.17) is 11.6 Å². The fourth-order valence-electron chi connectivity index (χ4n) is 0.692. The summed E-state index contributed by atoms with van der Waals surface area (Å²) < 4.78 is 39.0. The Labute approximate surface area is 124 Å². The summed E-state index contributed by atoms with van der Waals surface area (Å²) in [6.07, 6.45) is 2.31. The maximum Gasteiger partial charge on any atom is 1.00 e. The summed E-state index contributed by atoms with van der Waals surface area (Å²) in [4.78, 5) is 0. The van der Waals surface area contributed by atoms with Crippen LogP contribution in [0.25, 0.3) is 0 Å². The van der Waals surface area contributed by atoms with E-state index in [1.807, 2.05) is 0 Å². The summed E-state index contributed by atoms with van der Waals surface area (Å²) in [5.74, 6) is 0.559. The van der Waals surface area contributed by atoms with E-state index in [1.54, 1.807) is 0 Å². The molecule has 74 valence electrons. The van der Waals surface area contributed by atoms with E-state index in [0.717, 1.165) is 12.8 Å². The minimum atomic E-state index is -4.77. The molecular formula is C6H12BClF3KO. The molecule has 0 aliphatic rings. The van der Waals surface area contributed by atoms with Gasteiger partial charge in [-0.25, -0.2) is 0 Å². The van der Waals surface area contributed by atoms with Crippen molar-refractivity contribution in [1.82, 2.24) is 0 Å². The molecule has 0 aromatic rings. The normalized spacial score (nSPS) is 11.1. The zero-order valence-electron chi connectivity index (χ0n) is 7.74. The number of alkyl halides is 1. The molecule has 0 atom stereocenters. The van der Waals surface area contributed by atoms with Crippen LogP contribution in [0.15, 0.2) is 0 Å². The predicted octanol–water partition coefficient (Wildman–Crippen LogP) is -0.197. The van der Waals surface area contributed by atoms with Gasteiger partial charge >= 0.3 is 58.4 Å². The second kappa shape index (κ2) is 10.3. The third kappa shape index (κ3) is 16.4. The van der Waals surface area contributed by atoms with E-state index in [-0.39, 0.29) is 58.0 Å². The molecule has 0 aromatic carbocycles. The van der Waals surface area contributed by atoms with Crippen molar-refractivity contribution in [2.45, 2.75) is 19.3 Å². The van der Waals surface area contributed by atoms with Crippen LogP contribution in [-0.2, 0) is 4.74 Å². The number of ether oxygens (including phenoxy) is 1. The van der Waals surface area contributed by atoms with E-state index in [0.29, 0.717) is 12.3 Å². The molecule has 7 heteroatoms. The first-order valence-electron chi connectivity index (χ1n) is 3.91. The maximum absolute atomic E-state index is 11.5. The van der Waals surface area contributed by atoms with Crippen molar-refractivity contribution in [3.63, 3.8) is 0 Å². The smallest absolute Gasteiger partial charge is 0.447 e. The summed E-state index contributed by atoms with van der Waals surface area (Å²) in [7, 11) is 0. The van der Waals surface area contributed by atoms with Crippen molar-refractivity contribution in [3.8, 4) is 0 Å². The van der Waals surface area contributed by atoms with Crippen molar-refractivity contribution in [1.29, 1.82) is 0 Å². The van der Waals surface area contributed by atoms with Gasteiger partial charge in [-0.1, -0.05) is 0 Å². The Morgan fingerprint density at radius 2 is 1.69 bits per heavy atom. The fourth-order valence-corrected chi connectivity index (χ4v) is 0.881. The van der Waals surface area contributed by atoms with Gasteiger partial charge in [-0.2, -0.15) is 0 Å². The third-order valence-corrected chi connectivity index (χ3v) is 1.50. The number of unbranched alkanes of at least 4 members (excludes halogenated alkanes) is 2. The van der Waals surface area contributed by atoms with Gasteiger partial charge in [0, 0.05) is 19.0 Å². The molecule has 0 aliphatic carbocycles. The Kier molecular flexibility index (Phi) is 13.5. The molecule has 0 rings (SSSR count). The van der Waals surface area contributed by atoms with E-state index < -0.39 is 13.5 Å². The van der Waals surface area contributed by atoms with E-state index in [9.17, 15) is 12.9 Å². The Bertz CT molecular complexity index is 115. The van der Waals surface area contributed by atoms with Crippen LogP contribution >= 0.6 is 11.6 Å². The summed E-state index contributed by atoms with van der Waals surface area (Å²) in [6.45, 7) is -5.68. The molecular weight excluding hydrogens is 230 g/mol. The van der Waals surface area contributed by atoms with E-state index in [2.05, 4.69) is 4.74 Å². The maximum atomic E-state index is 11.5. The minimum absolute atomic E-state index is 0. The van der Waals surface area contributed by atoms with Gasteiger partial charge in [0.05, 0.1) is 0 Å². The molecule has 0 saturated carbocycles. The van der Waals surface area contributed by atoms with Gasteiger partial charge in [0.25, 0.3) is 0 Å². The largest absolute Gasteiger partial charge is 1.00 e. The van der Waals surface area contributed by atoms with Gasteiger partial charge in [0.1, 0.15) is 0 Å². The molecule has 0 radical (unpaired) electrons. The quantitative estimate of drug-likeness (QED) is 0.341. The van der Waals surface area contributed by atoms with Gasteiger partial charge in [-0.15, -0.1) is 11.6 Å². The zero-order valence-corrected chi connectivity index (χ0v) is 11.6. The molecule has 0 amide bonds. The van der Waals surface area contributed by atoms with Gasteiger partial charge in [-0.3, -0.25) is 0 Å². The Morgan fingerprint density at radius 1 is 1.08 bits per heavy atom. The van der Waals surface area contributed by atoms with Gasteiger partial charge < -0.3 is 17.7 Å². The molecule has 0 fully saturated rings. The second-order valence-corrected chi connectivity index (χ2v) is 2.91. The monoisotopic (exact) mass is 242 g/mol. The van der Waals surface area contributed by atoms with Gasteiger partial charge in [0.2, 0.25) is 0 Å². The fraction of sp³-hybridized carbons (Fsp3) is 1.00. The summed E-state index contributed by atoms with van der Waals surface area (Å²) in [5.41, 5.74) is 0. The first-order valence-corrected chi connectivity index (χ1v) is 4.44. The second-order valence-electron chi connectivity index (χ2n) is 2.53. The number of hydrogen-bond donors (Lipinski definition) is 0. The molecule has 1 nitrogen and oxygen atoms in total. The van der Waals surface area contributed by atoms with Crippen LogP contribution in [0.3, 0.4) is 0 Å². The number of hydrogen-bond acceptors (Lipinski definition) is 1. The molecule has 0 saturated heterocycles. The first kappa shape index (κ1) is 17.1. The molecule has 0 heterocycles. The van der Waals surface area contributed by atoms with E-state index in [1.165, 1.54) is 0 Å². The average Bonchev–Trinajstić information content (AvgIpc) is 1.94. The molecule has 0 bridgehead atoms. The first-order chi connectivity index (χ1) is 5.56. The molecule has 0 spiro atoms. The minimum Gasteiger partial charge on any atom is -0.447 e. The van der Waals surface area contributed by atoms with Crippen molar-refractivity contribution < 1.29 is 69.1 Å². The van der Waals surface area contributed by atoms with Crippen molar-refractivity contribution in [2.75, 3.05) is 19.0 Å². The molecule has 13 heavy (non-hydrogen) atoms. The van der Waals surface area contributed by atoms with Crippen LogP contribution < -0.4 is 51.4 Å². The zero-order chi connectivity index (χ0) is 9.45. The van der Waals surface area contributed by atoms with Gasteiger partial charge in [-0.05, 0) is 19.3 Å². The number of halogens is 4.